The van der Waals surface area contributed by atoms with E-state index in [4.69, 9.17) is 4.74 Å². The van der Waals surface area contributed by atoms with Crippen molar-refractivity contribution in [1.29, 1.82) is 0 Å². The Hall–Kier alpha value is -0.820. The van der Waals surface area contributed by atoms with Crippen LogP contribution in [0.2, 0.25) is 0 Å². The smallest absolute Gasteiger partial charge is 0.190 e. The van der Waals surface area contributed by atoms with E-state index >= 15 is 0 Å². The highest BCUT2D eigenvalue weighted by Crippen LogP contribution is 2.33. The van der Waals surface area contributed by atoms with Gasteiger partial charge in [0.25, 0.3) is 0 Å². The first-order valence-electron chi connectivity index (χ1n) is 7.31. The molecule has 0 spiro atoms. The summed E-state index contributed by atoms with van der Waals surface area (Å²) in [5, 5.41) is 6.41. The van der Waals surface area contributed by atoms with Gasteiger partial charge in [0.2, 0.25) is 0 Å². The first kappa shape index (κ1) is 18.2. The van der Waals surface area contributed by atoms with Crippen LogP contribution in [0.1, 0.15) is 30.1 Å². The van der Waals surface area contributed by atoms with Crippen molar-refractivity contribution in [2.75, 3.05) is 27.2 Å². The lowest BCUT2D eigenvalue weighted by molar-refractivity contribution is -0.0265. The average Bonchev–Trinajstić information content (AvgIpc) is 2.50. The van der Waals surface area contributed by atoms with Gasteiger partial charge >= 0.3 is 0 Å². The molecule has 1 aromatic rings. The second kappa shape index (κ2) is 9.25. The van der Waals surface area contributed by atoms with Crippen LogP contribution in [0.3, 0.4) is 0 Å². The largest absolute Gasteiger partial charge is 0.373 e. The summed E-state index contributed by atoms with van der Waals surface area (Å²) in [7, 11) is 3.66. The number of nitrogens with zero attached hydrogens (tertiary/aromatic N) is 1. The summed E-state index contributed by atoms with van der Waals surface area (Å²) in [6, 6.07) is 8.69. The fourth-order valence-corrected chi connectivity index (χ4v) is 2.68. The summed E-state index contributed by atoms with van der Waals surface area (Å²) in [6.07, 6.45) is 2.51. The Morgan fingerprint density at radius 1 is 1.33 bits per heavy atom. The second-order valence-electron chi connectivity index (χ2n) is 5.31. The summed E-state index contributed by atoms with van der Waals surface area (Å²) in [4.78, 5) is 4.15. The van der Waals surface area contributed by atoms with E-state index < -0.39 is 0 Å². The van der Waals surface area contributed by atoms with Crippen molar-refractivity contribution >= 4 is 29.9 Å². The Morgan fingerprint density at radius 3 is 2.67 bits per heavy atom. The zero-order chi connectivity index (χ0) is 14.4. The van der Waals surface area contributed by atoms with Crippen LogP contribution in [-0.4, -0.2) is 33.2 Å². The van der Waals surface area contributed by atoms with Gasteiger partial charge in [-0.15, -0.1) is 24.0 Å². The molecule has 0 saturated carbocycles. The van der Waals surface area contributed by atoms with Crippen molar-refractivity contribution in [3.8, 4) is 0 Å². The molecule has 5 heteroatoms. The van der Waals surface area contributed by atoms with Crippen LogP contribution in [0.25, 0.3) is 0 Å². The second-order valence-corrected chi connectivity index (χ2v) is 5.31. The quantitative estimate of drug-likeness (QED) is 0.464. The lowest BCUT2D eigenvalue weighted by Crippen LogP contribution is -2.40. The van der Waals surface area contributed by atoms with Crippen molar-refractivity contribution in [2.45, 2.75) is 25.9 Å². The van der Waals surface area contributed by atoms with Crippen LogP contribution >= 0.6 is 24.0 Å². The summed E-state index contributed by atoms with van der Waals surface area (Å²) in [5.41, 5.74) is 2.57. The lowest BCUT2D eigenvalue weighted by atomic mass is 9.89. The Balaban J connectivity index is 0.00000220. The molecule has 2 N–H and O–H groups in total. The summed E-state index contributed by atoms with van der Waals surface area (Å²) in [5.74, 6) is 1.31. The molecule has 2 unspecified atom stereocenters. The third-order valence-electron chi connectivity index (χ3n) is 3.84. The highest BCUT2D eigenvalue weighted by Gasteiger charge is 2.27. The highest BCUT2D eigenvalue weighted by atomic mass is 127. The van der Waals surface area contributed by atoms with Gasteiger partial charge < -0.3 is 15.4 Å². The fourth-order valence-electron chi connectivity index (χ4n) is 2.68. The molecule has 0 bridgehead atoms. The number of hydrogen-bond acceptors (Lipinski definition) is 2. The molecule has 1 aromatic carbocycles. The molecule has 0 radical (unpaired) electrons. The van der Waals surface area contributed by atoms with Crippen molar-refractivity contribution in [2.24, 2.45) is 10.9 Å². The van der Waals surface area contributed by atoms with Crippen LogP contribution in [0.4, 0.5) is 0 Å². The van der Waals surface area contributed by atoms with Gasteiger partial charge in [-0.2, -0.15) is 0 Å². The Kier molecular flexibility index (Phi) is 8.03. The monoisotopic (exact) mass is 403 g/mol. The van der Waals surface area contributed by atoms with Crippen molar-refractivity contribution < 1.29 is 4.74 Å². The molecule has 0 amide bonds. The molecule has 1 aliphatic rings. The fraction of sp³-hybridized carbons (Fsp3) is 0.562. The molecule has 1 saturated heterocycles. The predicted molar refractivity (Wildman–Crippen MR) is 98.4 cm³/mol. The highest BCUT2D eigenvalue weighted by molar-refractivity contribution is 14.0. The number of aliphatic imine (C=N–C) groups is 1. The maximum atomic E-state index is 6.02. The number of nitrogens with one attached hydrogen (secondary N) is 2. The maximum Gasteiger partial charge on any atom is 0.190 e. The summed E-state index contributed by atoms with van der Waals surface area (Å²) in [6.45, 7) is 3.85. The molecular weight excluding hydrogens is 377 g/mol. The van der Waals surface area contributed by atoms with Crippen LogP contribution in [0.5, 0.6) is 0 Å². The molecule has 2 rings (SSSR count). The van der Waals surface area contributed by atoms with Crippen LogP contribution < -0.4 is 10.6 Å². The average molecular weight is 403 g/mol. The van der Waals surface area contributed by atoms with E-state index in [0.717, 1.165) is 25.5 Å². The molecule has 1 aliphatic heterocycles. The molecule has 4 nitrogen and oxygen atoms in total. The van der Waals surface area contributed by atoms with Gasteiger partial charge in [-0.25, -0.2) is 0 Å². The Morgan fingerprint density at radius 2 is 2.05 bits per heavy atom. The minimum atomic E-state index is 0. The topological polar surface area (TPSA) is 45.7 Å². The Bertz CT molecular complexity index is 447. The van der Waals surface area contributed by atoms with E-state index in [1.165, 1.54) is 17.5 Å². The number of halogens is 1. The van der Waals surface area contributed by atoms with Crippen LogP contribution in [-0.2, 0) is 4.74 Å². The molecule has 21 heavy (non-hydrogen) atoms. The zero-order valence-electron chi connectivity index (χ0n) is 13.1. The van der Waals surface area contributed by atoms with E-state index in [1.807, 2.05) is 7.05 Å². The number of ether oxygens (including phenoxy) is 1. The minimum absolute atomic E-state index is 0. The van der Waals surface area contributed by atoms with Gasteiger partial charge in [-0.3, -0.25) is 4.99 Å². The number of hydrogen-bond donors (Lipinski definition) is 2. The van der Waals surface area contributed by atoms with Crippen molar-refractivity contribution in [1.82, 2.24) is 10.6 Å². The molecule has 0 aliphatic carbocycles. The van der Waals surface area contributed by atoms with Crippen LogP contribution in [0, 0.1) is 12.8 Å². The molecule has 0 aromatic heterocycles. The van der Waals surface area contributed by atoms with E-state index in [9.17, 15) is 0 Å². The van der Waals surface area contributed by atoms with Gasteiger partial charge in [-0.05, 0) is 25.3 Å². The molecule has 2 atom stereocenters. The molecule has 118 valence electrons. The SMILES string of the molecule is CN=C(NC)NCC1CCCOC1c1ccc(C)cc1.I. The normalized spacial score (nSPS) is 22.3. The van der Waals surface area contributed by atoms with Gasteiger partial charge in [0.15, 0.2) is 5.96 Å². The number of guanidine groups is 1. The van der Waals surface area contributed by atoms with Gasteiger partial charge in [0.05, 0.1) is 6.10 Å². The van der Waals surface area contributed by atoms with Gasteiger partial charge in [0, 0.05) is 33.2 Å². The number of aryl methyl sites for hydroxylation is 1. The first-order chi connectivity index (χ1) is 9.74. The number of rotatable bonds is 3. The standard InChI is InChI=1S/C16H25N3O.HI/c1-12-6-8-13(9-7-12)15-14(5-4-10-20-15)11-19-16(17-2)18-3;/h6-9,14-15H,4-5,10-11H2,1-3H3,(H2,17,18,19);1H. The van der Waals surface area contributed by atoms with Crippen LogP contribution in [0.15, 0.2) is 29.3 Å². The zero-order valence-corrected chi connectivity index (χ0v) is 15.4. The van der Waals surface area contributed by atoms with E-state index in [-0.39, 0.29) is 30.1 Å². The number of benzene rings is 1. The first-order valence-corrected chi connectivity index (χ1v) is 7.31. The van der Waals surface area contributed by atoms with Crippen molar-refractivity contribution in [3.63, 3.8) is 0 Å². The van der Waals surface area contributed by atoms with E-state index in [2.05, 4.69) is 46.8 Å². The van der Waals surface area contributed by atoms with Gasteiger partial charge in [-0.1, -0.05) is 29.8 Å². The third-order valence-corrected chi connectivity index (χ3v) is 3.84. The summed E-state index contributed by atoms with van der Waals surface area (Å²) >= 11 is 0. The van der Waals surface area contributed by atoms with Crippen molar-refractivity contribution in [3.05, 3.63) is 35.4 Å². The summed E-state index contributed by atoms with van der Waals surface area (Å²) < 4.78 is 6.02. The van der Waals surface area contributed by atoms with Gasteiger partial charge in [0.1, 0.15) is 0 Å². The molecule has 1 fully saturated rings. The maximum absolute atomic E-state index is 6.02. The lowest BCUT2D eigenvalue weighted by Gasteiger charge is -2.32. The molecule has 1 heterocycles. The van der Waals surface area contributed by atoms with E-state index in [0.29, 0.717) is 5.92 Å². The van der Waals surface area contributed by atoms with E-state index in [1.54, 1.807) is 7.05 Å². The minimum Gasteiger partial charge on any atom is -0.373 e. The third kappa shape index (κ3) is 5.14. The molecular formula is C16H26IN3O. The predicted octanol–water partition coefficient (Wildman–Crippen LogP) is 2.88. The Labute approximate surface area is 144 Å².